The fourth-order valence-electron chi connectivity index (χ4n) is 3.53. The van der Waals surface area contributed by atoms with Crippen LogP contribution >= 0.6 is 23.1 Å². The van der Waals surface area contributed by atoms with Crippen LogP contribution in [-0.4, -0.2) is 29.2 Å². The van der Waals surface area contributed by atoms with Gasteiger partial charge in [-0.2, -0.15) is 0 Å². The molecule has 0 spiro atoms. The number of rotatable bonds is 6. The number of nitrogens with zero attached hydrogens (tertiary/aromatic N) is 2. The summed E-state index contributed by atoms with van der Waals surface area (Å²) < 4.78 is 5.75. The molecule has 0 bridgehead atoms. The van der Waals surface area contributed by atoms with Crippen molar-refractivity contribution in [2.75, 3.05) is 17.3 Å². The normalized spacial score (nSPS) is 12.6. The van der Waals surface area contributed by atoms with Crippen molar-refractivity contribution in [3.05, 3.63) is 70.7 Å². The third kappa shape index (κ3) is 4.57. The Balaban J connectivity index is 1.51. The molecule has 0 saturated heterocycles. The van der Waals surface area contributed by atoms with Gasteiger partial charge < -0.3 is 4.74 Å². The van der Waals surface area contributed by atoms with Crippen molar-refractivity contribution in [1.82, 2.24) is 4.98 Å². The van der Waals surface area contributed by atoms with Gasteiger partial charge >= 0.3 is 5.97 Å². The molecule has 1 aliphatic rings. The van der Waals surface area contributed by atoms with Gasteiger partial charge in [0, 0.05) is 5.38 Å². The number of fused-ring (bicyclic) bond motifs is 2. The van der Waals surface area contributed by atoms with Crippen LogP contribution in [0, 0.1) is 0 Å². The summed E-state index contributed by atoms with van der Waals surface area (Å²) >= 11 is 2.85. The largest absolute Gasteiger partial charge is 0.466 e. The Labute approximate surface area is 184 Å². The smallest absolute Gasteiger partial charge is 0.311 e. The molecule has 2 heterocycles. The first-order valence-electron chi connectivity index (χ1n) is 9.87. The van der Waals surface area contributed by atoms with Crippen LogP contribution in [0.1, 0.15) is 23.7 Å². The molecule has 0 saturated carbocycles. The number of aromatic nitrogens is 1. The molecule has 30 heavy (non-hydrogen) atoms. The van der Waals surface area contributed by atoms with Crippen molar-refractivity contribution < 1.29 is 14.3 Å². The zero-order valence-corrected chi connectivity index (χ0v) is 18.3. The highest BCUT2D eigenvalue weighted by Gasteiger charge is 2.25. The van der Waals surface area contributed by atoms with E-state index in [1.807, 2.05) is 46.7 Å². The minimum atomic E-state index is -0.284. The number of amides is 1. The highest BCUT2D eigenvalue weighted by Crippen LogP contribution is 2.37. The first-order valence-corrected chi connectivity index (χ1v) is 11.7. The average molecular weight is 439 g/mol. The lowest BCUT2D eigenvalue weighted by Gasteiger charge is -2.24. The minimum absolute atomic E-state index is 0.0175. The highest BCUT2D eigenvalue weighted by atomic mass is 32.2. The third-order valence-electron chi connectivity index (χ3n) is 4.86. The number of hydrogen-bond acceptors (Lipinski definition) is 6. The first-order chi connectivity index (χ1) is 14.7. The standard InChI is InChI=1S/C23H22N2O3S2/c1-2-28-22(27)13-18-14-29-23(24-18)30-15-21(26)25-19-9-5-3-7-16(19)11-12-17-8-4-6-10-20(17)25/h3-10,14H,2,11-13,15H2,1H3. The Morgan fingerprint density at radius 2 is 1.70 bits per heavy atom. The lowest BCUT2D eigenvalue weighted by Crippen LogP contribution is -2.28. The number of ether oxygens (including phenoxy) is 1. The van der Waals surface area contributed by atoms with Crippen molar-refractivity contribution in [2.45, 2.75) is 30.5 Å². The van der Waals surface area contributed by atoms with Gasteiger partial charge in [-0.3, -0.25) is 14.5 Å². The van der Waals surface area contributed by atoms with Gasteiger partial charge in [0.05, 0.1) is 35.8 Å². The van der Waals surface area contributed by atoms with E-state index in [0.717, 1.165) is 28.6 Å². The van der Waals surface area contributed by atoms with Crippen LogP contribution in [0.2, 0.25) is 0 Å². The van der Waals surface area contributed by atoms with Gasteiger partial charge in [0.1, 0.15) is 0 Å². The number of thiazole rings is 1. The maximum Gasteiger partial charge on any atom is 0.311 e. The van der Waals surface area contributed by atoms with Gasteiger partial charge in [-0.15, -0.1) is 11.3 Å². The van der Waals surface area contributed by atoms with Crippen molar-refractivity contribution >= 4 is 46.3 Å². The second-order valence-corrected chi connectivity index (χ2v) is 8.94. The van der Waals surface area contributed by atoms with Crippen LogP contribution < -0.4 is 4.90 Å². The van der Waals surface area contributed by atoms with Crippen LogP contribution in [0.4, 0.5) is 11.4 Å². The third-order valence-corrected chi connectivity index (χ3v) is 6.91. The maximum absolute atomic E-state index is 13.3. The van der Waals surface area contributed by atoms with E-state index >= 15 is 0 Å². The number of anilines is 2. The van der Waals surface area contributed by atoms with Crippen LogP contribution in [0.3, 0.4) is 0 Å². The van der Waals surface area contributed by atoms with Crippen LogP contribution in [-0.2, 0) is 33.6 Å². The summed E-state index contributed by atoms with van der Waals surface area (Å²) in [6.07, 6.45) is 1.98. The van der Waals surface area contributed by atoms with Crippen molar-refractivity contribution in [1.29, 1.82) is 0 Å². The predicted octanol–water partition coefficient (Wildman–Crippen LogP) is 4.80. The Bertz CT molecular complexity index is 1020. The molecule has 1 aliphatic heterocycles. The highest BCUT2D eigenvalue weighted by molar-refractivity contribution is 8.01. The van der Waals surface area contributed by atoms with Gasteiger partial charge in [-0.1, -0.05) is 48.2 Å². The summed E-state index contributed by atoms with van der Waals surface area (Å²) in [5.41, 5.74) is 4.94. The van der Waals surface area contributed by atoms with E-state index in [1.165, 1.54) is 34.2 Å². The number of thioether (sulfide) groups is 1. The lowest BCUT2D eigenvalue weighted by molar-refractivity contribution is -0.142. The second kappa shape index (κ2) is 9.45. The van der Waals surface area contributed by atoms with Crippen LogP contribution in [0.5, 0.6) is 0 Å². The molecule has 3 aromatic rings. The number of carbonyl (C=O) groups is 2. The quantitative estimate of drug-likeness (QED) is 0.409. The van der Waals surface area contributed by atoms with E-state index in [9.17, 15) is 9.59 Å². The van der Waals surface area contributed by atoms with E-state index in [4.69, 9.17) is 4.74 Å². The van der Waals surface area contributed by atoms with Gasteiger partial charge in [-0.05, 0) is 43.0 Å². The second-order valence-electron chi connectivity index (χ2n) is 6.86. The summed E-state index contributed by atoms with van der Waals surface area (Å²) in [6.45, 7) is 2.14. The fourth-order valence-corrected chi connectivity index (χ4v) is 5.23. The van der Waals surface area contributed by atoms with Crippen molar-refractivity contribution in [3.8, 4) is 0 Å². The minimum Gasteiger partial charge on any atom is -0.466 e. The summed E-state index contributed by atoms with van der Waals surface area (Å²) in [4.78, 5) is 31.3. The number of carbonyl (C=O) groups excluding carboxylic acids is 2. The first kappa shape index (κ1) is 20.6. The molecule has 5 nitrogen and oxygen atoms in total. The van der Waals surface area contributed by atoms with E-state index in [1.54, 1.807) is 6.92 Å². The molecule has 0 aliphatic carbocycles. The fraction of sp³-hybridized carbons (Fsp3) is 0.261. The number of esters is 1. The predicted molar refractivity (Wildman–Crippen MR) is 121 cm³/mol. The van der Waals surface area contributed by atoms with Gasteiger partial charge in [0.15, 0.2) is 4.34 Å². The Kier molecular flexibility index (Phi) is 6.50. The summed E-state index contributed by atoms with van der Waals surface area (Å²) in [5, 5.41) is 1.85. The van der Waals surface area contributed by atoms with Gasteiger partial charge in [-0.25, -0.2) is 4.98 Å². The molecule has 1 amide bonds. The van der Waals surface area contributed by atoms with E-state index < -0.39 is 0 Å². The van der Waals surface area contributed by atoms with E-state index in [-0.39, 0.29) is 24.1 Å². The van der Waals surface area contributed by atoms with E-state index in [0.29, 0.717) is 12.3 Å². The summed E-state index contributed by atoms with van der Waals surface area (Å²) in [7, 11) is 0. The zero-order valence-electron chi connectivity index (χ0n) is 16.7. The lowest BCUT2D eigenvalue weighted by atomic mass is 10.0. The molecule has 154 valence electrons. The summed E-state index contributed by atoms with van der Waals surface area (Å²) in [5.74, 6) is 0.00632. The number of hydrogen-bond donors (Lipinski definition) is 0. The number of benzene rings is 2. The molecular weight excluding hydrogens is 416 g/mol. The Hall–Kier alpha value is -2.64. The molecule has 0 unspecified atom stereocenters. The SMILES string of the molecule is CCOC(=O)Cc1csc(SCC(=O)N2c3ccccc3CCc3ccccc32)n1. The molecule has 0 fully saturated rings. The Morgan fingerprint density at radius 3 is 2.33 bits per heavy atom. The molecule has 7 heteroatoms. The monoisotopic (exact) mass is 438 g/mol. The molecule has 4 rings (SSSR count). The van der Waals surface area contributed by atoms with Crippen LogP contribution in [0.25, 0.3) is 0 Å². The summed E-state index contributed by atoms with van der Waals surface area (Å²) in [6, 6.07) is 16.2. The zero-order chi connectivity index (χ0) is 20.9. The molecule has 1 aromatic heterocycles. The van der Waals surface area contributed by atoms with Gasteiger partial charge in [0.2, 0.25) is 5.91 Å². The average Bonchev–Trinajstić information content (AvgIpc) is 3.12. The van der Waals surface area contributed by atoms with Gasteiger partial charge in [0.25, 0.3) is 0 Å². The number of aryl methyl sites for hydroxylation is 2. The molecule has 0 radical (unpaired) electrons. The van der Waals surface area contributed by atoms with Crippen molar-refractivity contribution in [2.24, 2.45) is 0 Å². The molecule has 2 aromatic carbocycles. The molecule has 0 atom stereocenters. The molecule has 0 N–H and O–H groups in total. The molecular formula is C23H22N2O3S2. The topological polar surface area (TPSA) is 59.5 Å². The van der Waals surface area contributed by atoms with E-state index in [2.05, 4.69) is 17.1 Å². The maximum atomic E-state index is 13.3. The number of para-hydroxylation sites is 2. The van der Waals surface area contributed by atoms with Crippen molar-refractivity contribution in [3.63, 3.8) is 0 Å². The van der Waals surface area contributed by atoms with Crippen LogP contribution in [0.15, 0.2) is 58.3 Å². The Morgan fingerprint density at radius 1 is 1.07 bits per heavy atom.